The number of rotatable bonds is 10. The van der Waals surface area contributed by atoms with Gasteiger partial charge in [0.25, 0.3) is 11.6 Å². The number of nitrogens with zero attached hydrogens (tertiary/aromatic N) is 3. The molecule has 0 bridgehead atoms. The average molecular weight is 544 g/mol. The Bertz CT molecular complexity index is 1480. The van der Waals surface area contributed by atoms with E-state index in [9.17, 15) is 23.3 Å². The highest BCUT2D eigenvalue weighted by molar-refractivity contribution is 7.89. The predicted octanol–water partition coefficient (Wildman–Crippen LogP) is 4.71. The number of nitro benzene ring substituents is 1. The number of nitrogens with one attached hydrogen (secondary N) is 2. The third kappa shape index (κ3) is 6.03. The molecule has 2 N–H and O–H groups in total. The van der Waals surface area contributed by atoms with Crippen molar-refractivity contribution >= 4 is 21.6 Å². The predicted molar refractivity (Wildman–Crippen MR) is 144 cm³/mol. The van der Waals surface area contributed by atoms with Gasteiger partial charge in [-0.3, -0.25) is 14.9 Å². The Balaban J connectivity index is 2.25. The van der Waals surface area contributed by atoms with Crippen LogP contribution in [0.1, 0.15) is 61.3 Å². The summed E-state index contributed by atoms with van der Waals surface area (Å²) >= 11 is 0. The minimum atomic E-state index is -4.19. The Morgan fingerprint density at radius 1 is 1.13 bits per heavy atom. The summed E-state index contributed by atoms with van der Waals surface area (Å²) in [6, 6.07) is 8.36. The van der Waals surface area contributed by atoms with Gasteiger partial charge in [-0.05, 0) is 71.2 Å². The van der Waals surface area contributed by atoms with Gasteiger partial charge in [-0.25, -0.2) is 13.1 Å². The first-order chi connectivity index (χ1) is 17.8. The number of aromatic nitrogens is 2. The summed E-state index contributed by atoms with van der Waals surface area (Å²) in [5.41, 5.74) is 2.59. The number of hydrogen-bond acceptors (Lipinski definition) is 7. The van der Waals surface area contributed by atoms with Crippen molar-refractivity contribution in [2.24, 2.45) is 0 Å². The molecule has 3 rings (SSSR count). The standard InChI is InChI=1S/C26H33N5O6S/c1-8-17(5)27-25(32)24-19(7)26(30(28-24)21-11-9-10-16(4)18(21)6)37-22-13-12-20(31(33)34)14-23(22)38(35,36)29-15(2)3/h9-15,17,29H,8H2,1-7H3,(H,27,32)/t17-/m0/s1. The summed E-state index contributed by atoms with van der Waals surface area (Å²) in [6.07, 6.45) is 0.721. The molecule has 0 spiro atoms. The molecule has 1 heterocycles. The minimum absolute atomic E-state index is 0.0920. The summed E-state index contributed by atoms with van der Waals surface area (Å²) in [7, 11) is -4.19. The Kier molecular flexibility index (Phi) is 8.58. The highest BCUT2D eigenvalue weighted by Gasteiger charge is 2.29. The second kappa shape index (κ2) is 11.3. The van der Waals surface area contributed by atoms with E-state index >= 15 is 0 Å². The van der Waals surface area contributed by atoms with E-state index in [0.717, 1.165) is 29.7 Å². The second-order valence-corrected chi connectivity index (χ2v) is 11.1. The van der Waals surface area contributed by atoms with Crippen LogP contribution in [-0.4, -0.2) is 41.1 Å². The van der Waals surface area contributed by atoms with Gasteiger partial charge in [0.2, 0.25) is 15.9 Å². The SMILES string of the molecule is CC[C@H](C)NC(=O)c1nn(-c2cccc(C)c2C)c(Oc2ccc([N+](=O)[O-])cc2S(=O)(=O)NC(C)C)c1C. The van der Waals surface area contributed by atoms with E-state index in [1.165, 1.54) is 10.7 Å². The smallest absolute Gasteiger partial charge is 0.272 e. The van der Waals surface area contributed by atoms with E-state index in [2.05, 4.69) is 15.1 Å². The van der Waals surface area contributed by atoms with E-state index in [4.69, 9.17) is 4.74 Å². The molecule has 0 aliphatic carbocycles. The lowest BCUT2D eigenvalue weighted by Crippen LogP contribution is -2.32. The van der Waals surface area contributed by atoms with Crippen molar-refractivity contribution in [3.63, 3.8) is 0 Å². The second-order valence-electron chi connectivity index (χ2n) is 9.46. The van der Waals surface area contributed by atoms with E-state index in [1.807, 2.05) is 45.9 Å². The van der Waals surface area contributed by atoms with Gasteiger partial charge in [0.15, 0.2) is 5.69 Å². The Morgan fingerprint density at radius 2 is 1.82 bits per heavy atom. The molecule has 3 aromatic rings. The third-order valence-electron chi connectivity index (χ3n) is 6.10. The van der Waals surface area contributed by atoms with Gasteiger partial charge < -0.3 is 10.1 Å². The van der Waals surface area contributed by atoms with Crippen molar-refractivity contribution in [1.82, 2.24) is 19.8 Å². The van der Waals surface area contributed by atoms with Crippen LogP contribution in [0, 0.1) is 30.9 Å². The first-order valence-electron chi connectivity index (χ1n) is 12.2. The van der Waals surface area contributed by atoms with Crippen molar-refractivity contribution in [3.8, 4) is 17.3 Å². The molecular formula is C26H33N5O6S. The number of sulfonamides is 1. The summed E-state index contributed by atoms with van der Waals surface area (Å²) in [6.45, 7) is 12.6. The topological polar surface area (TPSA) is 145 Å². The van der Waals surface area contributed by atoms with Crippen LogP contribution in [0.3, 0.4) is 0 Å². The quantitative estimate of drug-likeness (QED) is 0.278. The van der Waals surface area contributed by atoms with Crippen LogP contribution in [0.2, 0.25) is 0 Å². The lowest BCUT2D eigenvalue weighted by molar-refractivity contribution is -0.385. The van der Waals surface area contributed by atoms with Crippen LogP contribution in [-0.2, 0) is 10.0 Å². The fraction of sp³-hybridized carbons (Fsp3) is 0.385. The molecular weight excluding hydrogens is 510 g/mol. The van der Waals surface area contributed by atoms with E-state index in [0.29, 0.717) is 11.3 Å². The van der Waals surface area contributed by atoms with Gasteiger partial charge in [-0.2, -0.15) is 9.78 Å². The molecule has 1 amide bonds. The van der Waals surface area contributed by atoms with Crippen LogP contribution in [0.15, 0.2) is 41.3 Å². The monoisotopic (exact) mass is 543 g/mol. The largest absolute Gasteiger partial charge is 0.437 e. The molecule has 1 atom stereocenters. The van der Waals surface area contributed by atoms with Crippen LogP contribution in [0.25, 0.3) is 5.69 Å². The normalized spacial score (nSPS) is 12.4. The van der Waals surface area contributed by atoms with Gasteiger partial charge in [0.1, 0.15) is 10.6 Å². The number of hydrogen-bond donors (Lipinski definition) is 2. The zero-order valence-corrected chi connectivity index (χ0v) is 23.3. The molecule has 0 aliphatic rings. The number of ether oxygens (including phenoxy) is 1. The summed E-state index contributed by atoms with van der Waals surface area (Å²) < 4.78 is 36.3. The van der Waals surface area contributed by atoms with Crippen molar-refractivity contribution in [3.05, 3.63) is 68.9 Å². The molecule has 0 fully saturated rings. The first-order valence-corrected chi connectivity index (χ1v) is 13.7. The molecule has 0 unspecified atom stereocenters. The van der Waals surface area contributed by atoms with Crippen molar-refractivity contribution in [2.45, 2.75) is 71.9 Å². The van der Waals surface area contributed by atoms with Crippen LogP contribution >= 0.6 is 0 Å². The molecule has 0 radical (unpaired) electrons. The van der Waals surface area contributed by atoms with E-state index in [1.54, 1.807) is 20.8 Å². The zero-order chi connectivity index (χ0) is 28.4. The molecule has 0 aliphatic heterocycles. The van der Waals surface area contributed by atoms with E-state index < -0.39 is 37.5 Å². The number of aryl methyl sites for hydroxylation is 1. The molecule has 0 saturated heterocycles. The lowest BCUT2D eigenvalue weighted by atomic mass is 10.1. The van der Waals surface area contributed by atoms with Crippen molar-refractivity contribution in [1.29, 1.82) is 0 Å². The first kappa shape index (κ1) is 28.8. The van der Waals surface area contributed by atoms with Crippen LogP contribution in [0.4, 0.5) is 5.69 Å². The fourth-order valence-corrected chi connectivity index (χ4v) is 5.12. The van der Waals surface area contributed by atoms with E-state index in [-0.39, 0.29) is 23.4 Å². The number of non-ortho nitro benzene ring substituents is 1. The third-order valence-corrected chi connectivity index (χ3v) is 7.78. The maximum atomic E-state index is 13.1. The van der Waals surface area contributed by atoms with Gasteiger partial charge in [-0.1, -0.05) is 19.1 Å². The Hall–Kier alpha value is -3.77. The van der Waals surface area contributed by atoms with Crippen molar-refractivity contribution < 1.29 is 22.9 Å². The number of amides is 1. The Labute approximate surface area is 222 Å². The van der Waals surface area contributed by atoms with Gasteiger partial charge in [-0.15, -0.1) is 0 Å². The maximum absolute atomic E-state index is 13.1. The molecule has 38 heavy (non-hydrogen) atoms. The number of benzene rings is 2. The molecule has 1 aromatic heterocycles. The van der Waals surface area contributed by atoms with Crippen molar-refractivity contribution in [2.75, 3.05) is 0 Å². The lowest BCUT2D eigenvalue weighted by Gasteiger charge is -2.16. The average Bonchev–Trinajstić information content (AvgIpc) is 3.15. The summed E-state index contributed by atoms with van der Waals surface area (Å²) in [5.74, 6) is -0.432. The molecule has 11 nitrogen and oxygen atoms in total. The van der Waals surface area contributed by atoms with Gasteiger partial charge in [0.05, 0.1) is 10.6 Å². The highest BCUT2D eigenvalue weighted by atomic mass is 32.2. The van der Waals surface area contributed by atoms with Gasteiger partial charge >= 0.3 is 0 Å². The number of carbonyl (C=O) groups is 1. The summed E-state index contributed by atoms with van der Waals surface area (Å²) in [5, 5.41) is 18.9. The summed E-state index contributed by atoms with van der Waals surface area (Å²) in [4.78, 5) is 23.4. The molecule has 204 valence electrons. The highest BCUT2D eigenvalue weighted by Crippen LogP contribution is 2.36. The molecule has 2 aromatic carbocycles. The van der Waals surface area contributed by atoms with Crippen LogP contribution in [0.5, 0.6) is 11.6 Å². The number of nitro groups is 1. The Morgan fingerprint density at radius 3 is 2.42 bits per heavy atom. The van der Waals surface area contributed by atoms with Crippen LogP contribution < -0.4 is 14.8 Å². The fourth-order valence-electron chi connectivity index (χ4n) is 3.72. The minimum Gasteiger partial charge on any atom is -0.437 e. The maximum Gasteiger partial charge on any atom is 0.272 e. The molecule has 12 heteroatoms. The van der Waals surface area contributed by atoms with Gasteiger partial charge in [0, 0.05) is 29.8 Å². The zero-order valence-electron chi connectivity index (χ0n) is 22.5. The molecule has 0 saturated carbocycles. The number of carbonyl (C=O) groups excluding carboxylic acids is 1.